The maximum absolute atomic E-state index is 6.54. The van der Waals surface area contributed by atoms with Gasteiger partial charge in [-0.3, -0.25) is 4.57 Å². The summed E-state index contributed by atoms with van der Waals surface area (Å²) in [6.45, 7) is 7.86. The van der Waals surface area contributed by atoms with E-state index < -0.39 is 0 Å². The van der Waals surface area contributed by atoms with Gasteiger partial charge in [-0.15, -0.1) is 28.1 Å². The van der Waals surface area contributed by atoms with Crippen LogP contribution in [-0.2, 0) is 0 Å². The molecule has 0 aliphatic heterocycles. The van der Waals surface area contributed by atoms with E-state index >= 15 is 0 Å². The first kappa shape index (κ1) is 17.8. The first-order chi connectivity index (χ1) is 13.1. The third kappa shape index (κ3) is 3.13. The summed E-state index contributed by atoms with van der Waals surface area (Å²) < 4.78 is 2.05. The monoisotopic (exact) mass is 393 g/mol. The standard InChI is InChI=1S/C20H19N5S2/c1-4-10-26-20-24-23-18(25(20)14-8-6-5-7-9-14)17-16(21)15-12(2)11-13(3)22-19(15)27-17/h4-9,11H,1,10,21H2,2-3H3. The van der Waals surface area contributed by atoms with Crippen molar-refractivity contribution >= 4 is 39.0 Å². The van der Waals surface area contributed by atoms with Crippen molar-refractivity contribution in [2.24, 2.45) is 0 Å². The van der Waals surface area contributed by atoms with Gasteiger partial charge in [0.1, 0.15) is 4.83 Å². The van der Waals surface area contributed by atoms with Crippen LogP contribution in [0.5, 0.6) is 0 Å². The summed E-state index contributed by atoms with van der Waals surface area (Å²) >= 11 is 3.16. The molecule has 4 aromatic rings. The van der Waals surface area contributed by atoms with Crippen LogP contribution in [0, 0.1) is 13.8 Å². The fourth-order valence-corrected chi connectivity index (χ4v) is 4.97. The predicted molar refractivity (Wildman–Crippen MR) is 115 cm³/mol. The van der Waals surface area contributed by atoms with E-state index in [4.69, 9.17) is 5.73 Å². The second-order valence-electron chi connectivity index (χ2n) is 6.18. The zero-order chi connectivity index (χ0) is 19.0. The minimum Gasteiger partial charge on any atom is -0.397 e. The Hall–Kier alpha value is -2.64. The Morgan fingerprint density at radius 1 is 1.22 bits per heavy atom. The number of anilines is 1. The van der Waals surface area contributed by atoms with Crippen molar-refractivity contribution in [2.75, 3.05) is 11.5 Å². The van der Waals surface area contributed by atoms with Crippen molar-refractivity contribution in [1.29, 1.82) is 0 Å². The second kappa shape index (κ2) is 7.17. The van der Waals surface area contributed by atoms with E-state index in [9.17, 15) is 0 Å². The topological polar surface area (TPSA) is 69.6 Å². The number of hydrogen-bond acceptors (Lipinski definition) is 6. The molecule has 0 saturated carbocycles. The van der Waals surface area contributed by atoms with E-state index in [0.29, 0.717) is 5.69 Å². The number of nitrogen functional groups attached to an aromatic ring is 1. The van der Waals surface area contributed by atoms with E-state index in [1.807, 2.05) is 43.3 Å². The molecule has 0 radical (unpaired) electrons. The molecule has 27 heavy (non-hydrogen) atoms. The van der Waals surface area contributed by atoms with Gasteiger partial charge >= 0.3 is 0 Å². The Morgan fingerprint density at radius 2 is 2.00 bits per heavy atom. The Bertz CT molecular complexity index is 1130. The number of para-hydroxylation sites is 1. The fourth-order valence-electron chi connectivity index (χ4n) is 3.09. The average Bonchev–Trinajstić information content (AvgIpc) is 3.21. The molecule has 136 valence electrons. The van der Waals surface area contributed by atoms with Crippen LogP contribution in [-0.4, -0.2) is 25.5 Å². The van der Waals surface area contributed by atoms with E-state index in [0.717, 1.165) is 48.8 Å². The highest BCUT2D eigenvalue weighted by Crippen LogP contribution is 2.42. The normalized spacial score (nSPS) is 11.2. The molecule has 0 fully saturated rings. The molecule has 0 aliphatic rings. The van der Waals surface area contributed by atoms with E-state index in [1.54, 1.807) is 23.1 Å². The second-order valence-corrected chi connectivity index (χ2v) is 8.17. The summed E-state index contributed by atoms with van der Waals surface area (Å²) in [7, 11) is 0. The lowest BCUT2D eigenvalue weighted by atomic mass is 10.1. The molecule has 0 aliphatic carbocycles. The molecule has 2 N–H and O–H groups in total. The number of fused-ring (bicyclic) bond motifs is 1. The number of benzene rings is 1. The Kier molecular flexibility index (Phi) is 4.72. The molecule has 0 atom stereocenters. The van der Waals surface area contributed by atoms with E-state index in [-0.39, 0.29) is 0 Å². The average molecular weight is 394 g/mol. The lowest BCUT2D eigenvalue weighted by Crippen LogP contribution is -2.00. The molecule has 1 aromatic carbocycles. The van der Waals surface area contributed by atoms with Gasteiger partial charge < -0.3 is 5.73 Å². The number of nitrogens with zero attached hydrogens (tertiary/aromatic N) is 4. The minimum atomic E-state index is 0.713. The van der Waals surface area contributed by atoms with Gasteiger partial charge in [-0.25, -0.2) is 4.98 Å². The van der Waals surface area contributed by atoms with Crippen molar-refractivity contribution in [1.82, 2.24) is 19.7 Å². The molecule has 3 heterocycles. The molecular weight excluding hydrogens is 374 g/mol. The number of rotatable bonds is 5. The molecule has 0 unspecified atom stereocenters. The van der Waals surface area contributed by atoms with Gasteiger partial charge in [0.25, 0.3) is 0 Å². The molecule has 0 spiro atoms. The van der Waals surface area contributed by atoms with Crippen LogP contribution in [0.1, 0.15) is 11.3 Å². The zero-order valence-corrected chi connectivity index (χ0v) is 16.8. The quantitative estimate of drug-likeness (QED) is 0.381. The molecular formula is C20H19N5S2. The van der Waals surface area contributed by atoms with Crippen LogP contribution in [0.2, 0.25) is 0 Å². The third-order valence-corrected chi connectivity index (χ3v) is 6.23. The lowest BCUT2D eigenvalue weighted by molar-refractivity contribution is 0.888. The third-order valence-electron chi connectivity index (χ3n) is 4.21. The summed E-state index contributed by atoms with van der Waals surface area (Å²) in [5, 5.41) is 10.7. The number of pyridine rings is 1. The van der Waals surface area contributed by atoms with Crippen molar-refractivity contribution in [3.63, 3.8) is 0 Å². The van der Waals surface area contributed by atoms with Crippen LogP contribution in [0.15, 0.2) is 54.2 Å². The number of aryl methyl sites for hydroxylation is 2. The Labute approximate surface area is 166 Å². The summed E-state index contributed by atoms with van der Waals surface area (Å²) in [6, 6.07) is 12.1. The van der Waals surface area contributed by atoms with E-state index in [2.05, 4.69) is 39.3 Å². The van der Waals surface area contributed by atoms with Gasteiger partial charge in [-0.1, -0.05) is 36.0 Å². The SMILES string of the molecule is C=CCSc1nnc(-c2sc3nc(C)cc(C)c3c2N)n1-c1ccccc1. The van der Waals surface area contributed by atoms with Crippen LogP contribution in [0.4, 0.5) is 5.69 Å². The lowest BCUT2D eigenvalue weighted by Gasteiger charge is -2.09. The predicted octanol–water partition coefficient (Wildman–Crippen LogP) is 5.02. The Balaban J connectivity index is 1.96. The number of thiophene rings is 1. The van der Waals surface area contributed by atoms with Crippen LogP contribution < -0.4 is 5.73 Å². The summed E-state index contributed by atoms with van der Waals surface area (Å²) in [4.78, 5) is 6.49. The van der Waals surface area contributed by atoms with Gasteiger partial charge in [0, 0.05) is 22.5 Å². The summed E-state index contributed by atoms with van der Waals surface area (Å²) in [5.74, 6) is 1.50. The van der Waals surface area contributed by atoms with Crippen molar-refractivity contribution in [2.45, 2.75) is 19.0 Å². The van der Waals surface area contributed by atoms with Crippen LogP contribution in [0.3, 0.4) is 0 Å². The summed E-state index contributed by atoms with van der Waals surface area (Å²) in [6.07, 6.45) is 1.86. The highest BCUT2D eigenvalue weighted by Gasteiger charge is 2.22. The number of thioether (sulfide) groups is 1. The molecule has 0 saturated heterocycles. The van der Waals surface area contributed by atoms with E-state index in [1.165, 1.54) is 0 Å². The highest BCUT2D eigenvalue weighted by molar-refractivity contribution is 7.99. The maximum atomic E-state index is 6.54. The van der Waals surface area contributed by atoms with Gasteiger partial charge in [-0.2, -0.15) is 0 Å². The van der Waals surface area contributed by atoms with Crippen molar-refractivity contribution in [3.8, 4) is 16.4 Å². The Morgan fingerprint density at radius 3 is 2.74 bits per heavy atom. The zero-order valence-electron chi connectivity index (χ0n) is 15.1. The number of nitrogens with two attached hydrogens (primary N) is 1. The molecule has 7 heteroatoms. The first-order valence-corrected chi connectivity index (χ1v) is 10.3. The first-order valence-electron chi connectivity index (χ1n) is 8.51. The number of hydrogen-bond donors (Lipinski definition) is 1. The molecule has 4 rings (SSSR count). The minimum absolute atomic E-state index is 0.713. The van der Waals surface area contributed by atoms with Gasteiger partial charge in [-0.05, 0) is 37.6 Å². The molecule has 0 amide bonds. The van der Waals surface area contributed by atoms with Gasteiger partial charge in [0.15, 0.2) is 11.0 Å². The van der Waals surface area contributed by atoms with Crippen LogP contribution >= 0.6 is 23.1 Å². The summed E-state index contributed by atoms with van der Waals surface area (Å²) in [5.41, 5.74) is 10.4. The highest BCUT2D eigenvalue weighted by atomic mass is 32.2. The molecule has 5 nitrogen and oxygen atoms in total. The van der Waals surface area contributed by atoms with Crippen molar-refractivity contribution in [3.05, 3.63) is 60.3 Å². The maximum Gasteiger partial charge on any atom is 0.196 e. The number of aromatic nitrogens is 4. The van der Waals surface area contributed by atoms with Gasteiger partial charge in [0.2, 0.25) is 0 Å². The molecule has 0 bridgehead atoms. The largest absolute Gasteiger partial charge is 0.397 e. The smallest absolute Gasteiger partial charge is 0.196 e. The fraction of sp³-hybridized carbons (Fsp3) is 0.150. The van der Waals surface area contributed by atoms with Crippen molar-refractivity contribution < 1.29 is 0 Å². The van der Waals surface area contributed by atoms with Gasteiger partial charge in [0.05, 0.1) is 10.6 Å². The van der Waals surface area contributed by atoms with Crippen LogP contribution in [0.25, 0.3) is 26.6 Å². The molecule has 3 aromatic heterocycles.